The quantitative estimate of drug-likeness (QED) is 0.677. The van der Waals surface area contributed by atoms with Crippen LogP contribution in [0, 0.1) is 15.9 Å². The fraction of sp³-hybridized carbons (Fsp3) is 0.462. The van der Waals surface area contributed by atoms with Crippen molar-refractivity contribution < 1.29 is 14.1 Å². The summed E-state index contributed by atoms with van der Waals surface area (Å²) in [6, 6.07) is 3.37. The molecule has 20 heavy (non-hydrogen) atoms. The first-order valence-corrected chi connectivity index (χ1v) is 6.38. The minimum absolute atomic E-state index is 0.0276. The number of nitrogens with one attached hydrogen (secondary N) is 1. The SMILES string of the molecule is CC(C)N1C[C@@H](Nc2ccc([N+](=O)[O-])cc2F)CC1=O. The molecule has 1 saturated heterocycles. The molecular formula is C13H16FN3O3. The number of benzene rings is 1. The summed E-state index contributed by atoms with van der Waals surface area (Å²) in [7, 11) is 0. The van der Waals surface area contributed by atoms with Gasteiger partial charge in [-0.1, -0.05) is 0 Å². The van der Waals surface area contributed by atoms with E-state index < -0.39 is 10.7 Å². The number of rotatable bonds is 4. The van der Waals surface area contributed by atoms with Gasteiger partial charge in [0.15, 0.2) is 5.82 Å². The van der Waals surface area contributed by atoms with Crippen LogP contribution >= 0.6 is 0 Å². The third kappa shape index (κ3) is 2.87. The van der Waals surface area contributed by atoms with Crippen molar-refractivity contribution in [3.8, 4) is 0 Å². The van der Waals surface area contributed by atoms with E-state index in [1.807, 2.05) is 13.8 Å². The highest BCUT2D eigenvalue weighted by molar-refractivity contribution is 5.80. The second-order valence-corrected chi connectivity index (χ2v) is 5.11. The van der Waals surface area contributed by atoms with Crippen molar-refractivity contribution in [3.63, 3.8) is 0 Å². The first kappa shape index (κ1) is 14.2. The molecule has 0 radical (unpaired) electrons. The van der Waals surface area contributed by atoms with Crippen LogP contribution in [0.1, 0.15) is 20.3 Å². The number of anilines is 1. The van der Waals surface area contributed by atoms with Gasteiger partial charge in [-0.25, -0.2) is 4.39 Å². The van der Waals surface area contributed by atoms with E-state index in [1.165, 1.54) is 12.1 Å². The number of nitro groups is 1. The lowest BCUT2D eigenvalue weighted by Gasteiger charge is -2.21. The van der Waals surface area contributed by atoms with Gasteiger partial charge in [0.05, 0.1) is 22.7 Å². The molecule has 1 amide bonds. The molecule has 1 heterocycles. The maximum absolute atomic E-state index is 13.8. The molecule has 0 aromatic heterocycles. The molecule has 0 saturated carbocycles. The zero-order valence-electron chi connectivity index (χ0n) is 11.3. The van der Waals surface area contributed by atoms with E-state index >= 15 is 0 Å². The van der Waals surface area contributed by atoms with Crippen molar-refractivity contribution in [1.82, 2.24) is 4.90 Å². The van der Waals surface area contributed by atoms with Gasteiger partial charge in [0.2, 0.25) is 5.91 Å². The number of non-ortho nitro benzene ring substituents is 1. The predicted octanol–water partition coefficient (Wildman–Crippen LogP) is 2.16. The third-order valence-corrected chi connectivity index (χ3v) is 3.30. The number of carbonyl (C=O) groups is 1. The summed E-state index contributed by atoms with van der Waals surface area (Å²) >= 11 is 0. The molecule has 1 aliphatic heterocycles. The Morgan fingerprint density at radius 2 is 2.20 bits per heavy atom. The molecule has 2 rings (SSSR count). The number of amides is 1. The molecule has 1 N–H and O–H groups in total. The van der Waals surface area contributed by atoms with Crippen molar-refractivity contribution in [1.29, 1.82) is 0 Å². The van der Waals surface area contributed by atoms with Crippen LogP contribution < -0.4 is 5.32 Å². The topological polar surface area (TPSA) is 75.5 Å². The van der Waals surface area contributed by atoms with Crippen molar-refractivity contribution >= 4 is 17.3 Å². The highest BCUT2D eigenvalue weighted by atomic mass is 19.1. The maximum atomic E-state index is 13.8. The van der Waals surface area contributed by atoms with Crippen LogP contribution in [-0.2, 0) is 4.79 Å². The number of hydrogen-bond donors (Lipinski definition) is 1. The van der Waals surface area contributed by atoms with E-state index in [9.17, 15) is 19.3 Å². The molecule has 108 valence electrons. The molecule has 1 aromatic carbocycles. The number of likely N-dealkylation sites (tertiary alicyclic amines) is 1. The minimum atomic E-state index is -0.686. The van der Waals surface area contributed by atoms with Crippen LogP contribution in [0.4, 0.5) is 15.8 Å². The lowest BCUT2D eigenvalue weighted by molar-refractivity contribution is -0.385. The predicted molar refractivity (Wildman–Crippen MR) is 71.9 cm³/mol. The molecule has 1 aliphatic rings. The Bertz CT molecular complexity index is 548. The number of carbonyl (C=O) groups excluding carboxylic acids is 1. The number of nitrogens with zero attached hydrogens (tertiary/aromatic N) is 2. The summed E-state index contributed by atoms with van der Waals surface area (Å²) in [5.41, 5.74) is -0.113. The van der Waals surface area contributed by atoms with Gasteiger partial charge in [-0.15, -0.1) is 0 Å². The third-order valence-electron chi connectivity index (χ3n) is 3.30. The summed E-state index contributed by atoms with van der Waals surface area (Å²) in [4.78, 5) is 23.4. The normalized spacial score (nSPS) is 18.7. The Hall–Kier alpha value is -2.18. The fourth-order valence-electron chi connectivity index (χ4n) is 2.28. The van der Waals surface area contributed by atoms with E-state index in [-0.39, 0.29) is 29.4 Å². The first-order valence-electron chi connectivity index (χ1n) is 6.38. The summed E-state index contributed by atoms with van der Waals surface area (Å²) in [5, 5.41) is 13.5. The largest absolute Gasteiger partial charge is 0.378 e. The average molecular weight is 281 g/mol. The number of halogens is 1. The average Bonchev–Trinajstić information content (AvgIpc) is 2.73. The zero-order chi connectivity index (χ0) is 14.9. The molecule has 1 fully saturated rings. The molecule has 0 aliphatic carbocycles. The Morgan fingerprint density at radius 1 is 1.50 bits per heavy atom. The van der Waals surface area contributed by atoms with Crippen LogP contribution in [0.25, 0.3) is 0 Å². The van der Waals surface area contributed by atoms with E-state index in [0.717, 1.165) is 6.07 Å². The lowest BCUT2D eigenvalue weighted by Crippen LogP contribution is -2.33. The Labute approximate surface area is 115 Å². The molecule has 1 aromatic rings. The summed E-state index contributed by atoms with van der Waals surface area (Å²) in [5.74, 6) is -0.658. The Balaban J connectivity index is 2.08. The van der Waals surface area contributed by atoms with Gasteiger partial charge in [-0.2, -0.15) is 0 Å². The molecule has 6 nitrogen and oxygen atoms in total. The van der Waals surface area contributed by atoms with Crippen LogP contribution in [0.2, 0.25) is 0 Å². The van der Waals surface area contributed by atoms with Crippen molar-refractivity contribution in [3.05, 3.63) is 34.1 Å². The Morgan fingerprint density at radius 3 is 2.70 bits per heavy atom. The first-order chi connectivity index (χ1) is 9.38. The van der Waals surface area contributed by atoms with Crippen LogP contribution in [0.15, 0.2) is 18.2 Å². The van der Waals surface area contributed by atoms with Crippen molar-refractivity contribution in [2.24, 2.45) is 0 Å². The van der Waals surface area contributed by atoms with Crippen LogP contribution in [0.5, 0.6) is 0 Å². The van der Waals surface area contributed by atoms with Gasteiger partial charge in [0, 0.05) is 25.1 Å². The standard InChI is InChI=1S/C13H16FN3O3/c1-8(2)16-7-9(5-13(16)18)15-12-4-3-10(17(19)20)6-11(12)14/h3-4,6,8-9,15H,5,7H2,1-2H3/t9-/m0/s1. The minimum Gasteiger partial charge on any atom is -0.378 e. The summed E-state index contributed by atoms with van der Waals surface area (Å²) in [6.07, 6.45) is 0.300. The second-order valence-electron chi connectivity index (χ2n) is 5.11. The van der Waals surface area contributed by atoms with Crippen molar-refractivity contribution in [2.45, 2.75) is 32.4 Å². The highest BCUT2D eigenvalue weighted by Gasteiger charge is 2.31. The van der Waals surface area contributed by atoms with Gasteiger partial charge >= 0.3 is 0 Å². The number of nitro benzene ring substituents is 1. The lowest BCUT2D eigenvalue weighted by atomic mass is 10.2. The van der Waals surface area contributed by atoms with E-state index in [0.29, 0.717) is 13.0 Å². The van der Waals surface area contributed by atoms with Gasteiger partial charge in [-0.05, 0) is 19.9 Å². The summed E-state index contributed by atoms with van der Waals surface area (Å²) in [6.45, 7) is 4.35. The van der Waals surface area contributed by atoms with Crippen LogP contribution in [-0.4, -0.2) is 34.4 Å². The maximum Gasteiger partial charge on any atom is 0.272 e. The number of hydrogen-bond acceptors (Lipinski definition) is 4. The highest BCUT2D eigenvalue weighted by Crippen LogP contribution is 2.24. The van der Waals surface area contributed by atoms with Gasteiger partial charge in [0.25, 0.3) is 5.69 Å². The molecule has 1 atom stereocenters. The van der Waals surface area contributed by atoms with E-state index in [1.54, 1.807) is 4.90 Å². The Kier molecular flexibility index (Phi) is 3.87. The molecule has 7 heteroatoms. The zero-order valence-corrected chi connectivity index (χ0v) is 11.3. The molecule has 0 bridgehead atoms. The van der Waals surface area contributed by atoms with E-state index in [2.05, 4.69) is 5.32 Å². The molecule has 0 unspecified atom stereocenters. The second kappa shape index (κ2) is 5.44. The monoisotopic (exact) mass is 281 g/mol. The summed E-state index contributed by atoms with van der Waals surface area (Å²) < 4.78 is 13.8. The van der Waals surface area contributed by atoms with Crippen molar-refractivity contribution in [2.75, 3.05) is 11.9 Å². The van der Waals surface area contributed by atoms with E-state index in [4.69, 9.17) is 0 Å². The van der Waals surface area contributed by atoms with Gasteiger partial charge in [0.1, 0.15) is 0 Å². The fourth-order valence-corrected chi connectivity index (χ4v) is 2.28. The van der Waals surface area contributed by atoms with Crippen LogP contribution in [0.3, 0.4) is 0 Å². The van der Waals surface area contributed by atoms with Gasteiger partial charge in [-0.3, -0.25) is 14.9 Å². The molecule has 0 spiro atoms. The van der Waals surface area contributed by atoms with Gasteiger partial charge < -0.3 is 10.2 Å². The molecular weight excluding hydrogens is 265 g/mol. The smallest absolute Gasteiger partial charge is 0.272 e.